The topological polar surface area (TPSA) is 60.2 Å². The fraction of sp³-hybridized carbons (Fsp3) is 0.750. The molecule has 0 bridgehead atoms. The van der Waals surface area contributed by atoms with Crippen molar-refractivity contribution in [1.82, 2.24) is 19.9 Å². The van der Waals surface area contributed by atoms with Gasteiger partial charge in [-0.05, 0) is 13.8 Å². The maximum Gasteiger partial charge on any atom is 0.168 e. The Labute approximate surface area is 107 Å². The lowest BCUT2D eigenvalue weighted by Crippen LogP contribution is -2.49. The molecule has 1 aromatic rings. The number of nitrogens with zero attached hydrogens (tertiary/aromatic N) is 4. The van der Waals surface area contributed by atoms with Gasteiger partial charge in [0, 0.05) is 32.4 Å². The summed E-state index contributed by atoms with van der Waals surface area (Å²) < 4.78 is 7.15. The average Bonchev–Trinajstić information content (AvgIpc) is 2.75. The summed E-state index contributed by atoms with van der Waals surface area (Å²) in [5.74, 6) is 0.0841. The zero-order valence-electron chi connectivity index (χ0n) is 11.2. The Morgan fingerprint density at radius 1 is 1.61 bits per heavy atom. The minimum Gasteiger partial charge on any atom is -0.368 e. The lowest BCUT2D eigenvalue weighted by atomic mass is 10.1. The molecule has 1 saturated heterocycles. The van der Waals surface area contributed by atoms with Gasteiger partial charge in [0.1, 0.15) is 6.10 Å². The highest BCUT2D eigenvalue weighted by atomic mass is 16.5. The third kappa shape index (κ3) is 3.14. The van der Waals surface area contributed by atoms with Gasteiger partial charge < -0.3 is 4.74 Å². The molecule has 1 fully saturated rings. The SMILES string of the molecule is CC(C)N1CCOC(C(=O)Cc2cn(C)nn2)C1. The van der Waals surface area contributed by atoms with E-state index in [9.17, 15) is 4.79 Å². The molecule has 18 heavy (non-hydrogen) atoms. The molecule has 0 N–H and O–H groups in total. The Bertz CT molecular complexity index is 416. The van der Waals surface area contributed by atoms with Crippen LogP contribution in [0.1, 0.15) is 19.5 Å². The van der Waals surface area contributed by atoms with E-state index in [2.05, 4.69) is 29.1 Å². The number of aromatic nitrogens is 3. The summed E-state index contributed by atoms with van der Waals surface area (Å²) in [5.41, 5.74) is 0.702. The third-order valence-corrected chi connectivity index (χ3v) is 3.19. The molecular weight excluding hydrogens is 232 g/mol. The summed E-state index contributed by atoms with van der Waals surface area (Å²) >= 11 is 0. The van der Waals surface area contributed by atoms with E-state index in [-0.39, 0.29) is 11.9 Å². The summed E-state index contributed by atoms with van der Waals surface area (Å²) in [6, 6.07) is 0.445. The Kier molecular flexibility index (Phi) is 4.08. The standard InChI is InChI=1S/C12H20N4O2/c1-9(2)16-4-5-18-12(8-16)11(17)6-10-7-15(3)14-13-10/h7,9,12H,4-6,8H2,1-3H3. The molecule has 2 rings (SSSR count). The van der Waals surface area contributed by atoms with E-state index in [4.69, 9.17) is 4.74 Å². The van der Waals surface area contributed by atoms with Gasteiger partial charge in [0.15, 0.2) is 5.78 Å². The number of hydrogen-bond donors (Lipinski definition) is 0. The molecule has 1 aromatic heterocycles. The smallest absolute Gasteiger partial charge is 0.168 e. The van der Waals surface area contributed by atoms with Gasteiger partial charge in [-0.15, -0.1) is 5.10 Å². The van der Waals surface area contributed by atoms with Crippen molar-refractivity contribution in [3.8, 4) is 0 Å². The summed E-state index contributed by atoms with van der Waals surface area (Å²) in [7, 11) is 1.79. The van der Waals surface area contributed by atoms with Crippen LogP contribution in [0.25, 0.3) is 0 Å². The highest BCUT2D eigenvalue weighted by Gasteiger charge is 2.28. The number of rotatable bonds is 4. The van der Waals surface area contributed by atoms with Gasteiger partial charge in [0.25, 0.3) is 0 Å². The Balaban J connectivity index is 1.92. The molecule has 0 aromatic carbocycles. The van der Waals surface area contributed by atoms with E-state index in [1.807, 2.05) is 0 Å². The molecule has 100 valence electrons. The predicted molar refractivity (Wildman–Crippen MR) is 66.2 cm³/mol. The fourth-order valence-electron chi connectivity index (χ4n) is 2.10. The quantitative estimate of drug-likeness (QED) is 0.757. The van der Waals surface area contributed by atoms with E-state index in [1.165, 1.54) is 0 Å². The molecule has 1 atom stereocenters. The second-order valence-corrected chi connectivity index (χ2v) is 4.97. The molecule has 6 nitrogen and oxygen atoms in total. The van der Waals surface area contributed by atoms with Crippen molar-refractivity contribution in [2.45, 2.75) is 32.4 Å². The Morgan fingerprint density at radius 2 is 2.39 bits per heavy atom. The number of hydrogen-bond acceptors (Lipinski definition) is 5. The van der Waals surface area contributed by atoms with Crippen LogP contribution in [0, 0.1) is 0 Å². The van der Waals surface area contributed by atoms with Crippen molar-refractivity contribution in [2.24, 2.45) is 7.05 Å². The maximum absolute atomic E-state index is 12.1. The molecule has 2 heterocycles. The molecular formula is C12H20N4O2. The van der Waals surface area contributed by atoms with Crippen molar-refractivity contribution in [1.29, 1.82) is 0 Å². The van der Waals surface area contributed by atoms with Gasteiger partial charge in [-0.25, -0.2) is 0 Å². The van der Waals surface area contributed by atoms with Crippen molar-refractivity contribution in [3.63, 3.8) is 0 Å². The zero-order valence-corrected chi connectivity index (χ0v) is 11.2. The normalized spacial score (nSPS) is 21.4. The molecule has 1 aliphatic rings. The Hall–Kier alpha value is -1.27. The molecule has 0 amide bonds. The first kappa shape index (κ1) is 13.2. The van der Waals surface area contributed by atoms with Gasteiger partial charge in [-0.1, -0.05) is 5.21 Å². The zero-order chi connectivity index (χ0) is 13.1. The van der Waals surface area contributed by atoms with Crippen molar-refractivity contribution >= 4 is 5.78 Å². The molecule has 0 aliphatic carbocycles. The van der Waals surface area contributed by atoms with Gasteiger partial charge >= 0.3 is 0 Å². The van der Waals surface area contributed by atoms with Crippen LogP contribution in [0.4, 0.5) is 0 Å². The maximum atomic E-state index is 12.1. The summed E-state index contributed by atoms with van der Waals surface area (Å²) in [5, 5.41) is 7.75. The third-order valence-electron chi connectivity index (χ3n) is 3.19. The number of ketones is 1. The van der Waals surface area contributed by atoms with Crippen LogP contribution in [0.3, 0.4) is 0 Å². The van der Waals surface area contributed by atoms with Gasteiger partial charge in [0.2, 0.25) is 0 Å². The van der Waals surface area contributed by atoms with Gasteiger partial charge in [-0.3, -0.25) is 14.4 Å². The summed E-state index contributed by atoms with van der Waals surface area (Å²) in [6.07, 6.45) is 1.73. The van der Waals surface area contributed by atoms with E-state index in [0.717, 1.165) is 6.54 Å². The highest BCUT2D eigenvalue weighted by Crippen LogP contribution is 2.11. The van der Waals surface area contributed by atoms with E-state index in [0.29, 0.717) is 31.3 Å². The van der Waals surface area contributed by atoms with Crippen LogP contribution in [0.15, 0.2) is 6.20 Å². The monoisotopic (exact) mass is 252 g/mol. The fourth-order valence-corrected chi connectivity index (χ4v) is 2.10. The van der Waals surface area contributed by atoms with E-state index in [1.54, 1.807) is 17.9 Å². The molecule has 1 aliphatic heterocycles. The van der Waals surface area contributed by atoms with E-state index < -0.39 is 0 Å². The predicted octanol–water partition coefficient (Wildman–Crippen LogP) is 0.0359. The number of morpholine rings is 1. The van der Waals surface area contributed by atoms with Crippen LogP contribution in [0.5, 0.6) is 0 Å². The number of ether oxygens (including phenoxy) is 1. The van der Waals surface area contributed by atoms with Crippen molar-refractivity contribution in [2.75, 3.05) is 19.7 Å². The van der Waals surface area contributed by atoms with Crippen molar-refractivity contribution in [3.05, 3.63) is 11.9 Å². The first-order chi connectivity index (χ1) is 8.56. The van der Waals surface area contributed by atoms with E-state index >= 15 is 0 Å². The number of Topliss-reactive ketones (excluding diaryl/α,β-unsaturated/α-hetero) is 1. The molecule has 0 spiro atoms. The van der Waals surface area contributed by atoms with Crippen molar-refractivity contribution < 1.29 is 9.53 Å². The molecule has 0 radical (unpaired) electrons. The Morgan fingerprint density at radius 3 is 3.00 bits per heavy atom. The van der Waals surface area contributed by atoms with Crippen LogP contribution in [-0.4, -0.2) is 57.5 Å². The largest absolute Gasteiger partial charge is 0.368 e. The first-order valence-corrected chi connectivity index (χ1v) is 6.30. The van der Waals surface area contributed by atoms with Crippen LogP contribution < -0.4 is 0 Å². The number of carbonyl (C=O) groups excluding carboxylic acids is 1. The number of aryl methyl sites for hydroxylation is 1. The molecule has 6 heteroatoms. The molecule has 0 saturated carbocycles. The van der Waals surface area contributed by atoms with Gasteiger partial charge in [0.05, 0.1) is 18.7 Å². The first-order valence-electron chi connectivity index (χ1n) is 6.30. The van der Waals surface area contributed by atoms with Gasteiger partial charge in [-0.2, -0.15) is 0 Å². The number of carbonyl (C=O) groups is 1. The average molecular weight is 252 g/mol. The summed E-state index contributed by atoms with van der Waals surface area (Å²) in [4.78, 5) is 14.4. The lowest BCUT2D eigenvalue weighted by molar-refractivity contribution is -0.136. The minimum absolute atomic E-state index is 0.0841. The van der Waals surface area contributed by atoms with Crippen LogP contribution in [-0.2, 0) is 23.0 Å². The minimum atomic E-state index is -0.330. The highest BCUT2D eigenvalue weighted by molar-refractivity contribution is 5.85. The molecule has 1 unspecified atom stereocenters. The second-order valence-electron chi connectivity index (χ2n) is 4.97. The lowest BCUT2D eigenvalue weighted by Gasteiger charge is -2.34. The summed E-state index contributed by atoms with van der Waals surface area (Å²) in [6.45, 7) is 6.46. The van der Waals surface area contributed by atoms with Crippen LogP contribution in [0.2, 0.25) is 0 Å². The van der Waals surface area contributed by atoms with Crippen LogP contribution >= 0.6 is 0 Å². The second kappa shape index (κ2) is 5.58.